The number of nitrogens with one attached hydrogen (secondary N) is 2. The van der Waals surface area contributed by atoms with Crippen LogP contribution >= 0.6 is 0 Å². The van der Waals surface area contributed by atoms with Gasteiger partial charge in [0.2, 0.25) is 0 Å². The number of halogens is 1. The summed E-state index contributed by atoms with van der Waals surface area (Å²) in [6, 6.07) is 6.00. The fourth-order valence-electron chi connectivity index (χ4n) is 2.38. The molecule has 0 aliphatic carbocycles. The number of aromatic nitrogens is 1. The van der Waals surface area contributed by atoms with Gasteiger partial charge < -0.3 is 4.98 Å². The summed E-state index contributed by atoms with van der Waals surface area (Å²) < 4.78 is 37.9. The molecule has 2 heterocycles. The van der Waals surface area contributed by atoms with Gasteiger partial charge in [-0.05, 0) is 12.1 Å². The Hall–Kier alpha value is -2.36. The second-order valence-electron chi connectivity index (χ2n) is 5.07. The molecule has 0 fully saturated rings. The average Bonchev–Trinajstić information content (AvgIpc) is 2.92. The van der Waals surface area contributed by atoms with E-state index in [4.69, 9.17) is 5.14 Å². The quantitative estimate of drug-likeness (QED) is 0.748. The van der Waals surface area contributed by atoms with E-state index in [1.165, 1.54) is 12.1 Å². The van der Waals surface area contributed by atoms with Crippen molar-refractivity contribution >= 4 is 21.8 Å². The summed E-state index contributed by atoms with van der Waals surface area (Å²) in [7, 11) is -3.90. The first kappa shape index (κ1) is 15.5. The van der Waals surface area contributed by atoms with Gasteiger partial charge >= 0.3 is 0 Å². The largest absolute Gasteiger partial charge is 0.364 e. The summed E-state index contributed by atoms with van der Waals surface area (Å²) in [6.07, 6.45) is 1.88. The lowest BCUT2D eigenvalue weighted by Gasteiger charge is -2.13. The molecule has 0 bridgehead atoms. The topological polar surface area (TPSA) is 117 Å². The van der Waals surface area contributed by atoms with E-state index in [-0.39, 0.29) is 24.4 Å². The maximum atomic E-state index is 14.2. The Morgan fingerprint density at radius 2 is 2.13 bits per heavy atom. The van der Waals surface area contributed by atoms with Crippen LogP contribution in [0.15, 0.2) is 35.5 Å². The lowest BCUT2D eigenvalue weighted by molar-refractivity contribution is -0.117. The smallest absolute Gasteiger partial charge is 0.274 e. The van der Waals surface area contributed by atoms with Gasteiger partial charge in [-0.25, -0.2) is 14.5 Å². The van der Waals surface area contributed by atoms with Crippen LogP contribution in [0, 0.1) is 5.82 Å². The maximum Gasteiger partial charge on any atom is 0.274 e. The van der Waals surface area contributed by atoms with E-state index < -0.39 is 16.0 Å². The molecule has 0 unspecified atom stereocenters. The van der Waals surface area contributed by atoms with Crippen LogP contribution in [0.4, 0.5) is 4.39 Å². The van der Waals surface area contributed by atoms with Crippen LogP contribution in [0.1, 0.15) is 22.4 Å². The molecule has 1 aliphatic heterocycles. The van der Waals surface area contributed by atoms with Gasteiger partial charge in [-0.1, -0.05) is 12.1 Å². The van der Waals surface area contributed by atoms with Crippen LogP contribution < -0.4 is 9.86 Å². The van der Waals surface area contributed by atoms with Gasteiger partial charge in [0.1, 0.15) is 5.82 Å². The van der Waals surface area contributed by atoms with Crippen molar-refractivity contribution in [1.29, 1.82) is 0 Å². The average molecular weight is 336 g/mol. The lowest BCUT2D eigenvalue weighted by Crippen LogP contribution is -2.30. The number of nitrogens with zero attached hydrogens (tertiary/aromatic N) is 1. The number of nitrogens with two attached hydrogens (primary N) is 1. The summed E-state index contributed by atoms with van der Waals surface area (Å²) in [5.74, 6) is -0.924. The van der Waals surface area contributed by atoms with E-state index in [9.17, 15) is 17.6 Å². The van der Waals surface area contributed by atoms with Crippen LogP contribution in [-0.2, 0) is 28.0 Å². The first-order valence-electron chi connectivity index (χ1n) is 6.68. The molecule has 1 amide bonds. The predicted molar refractivity (Wildman–Crippen MR) is 81.5 cm³/mol. The van der Waals surface area contributed by atoms with E-state index in [1.54, 1.807) is 18.3 Å². The number of aliphatic imine (C=N–C) groups is 1. The molecule has 9 heteroatoms. The van der Waals surface area contributed by atoms with Crippen LogP contribution in [-0.4, -0.2) is 25.0 Å². The zero-order chi connectivity index (χ0) is 16.6. The third-order valence-electron chi connectivity index (χ3n) is 3.44. The fraction of sp³-hybridized carbons (Fsp3) is 0.143. The highest BCUT2D eigenvalue weighted by Gasteiger charge is 2.22. The minimum absolute atomic E-state index is 0.139. The molecule has 0 spiro atoms. The van der Waals surface area contributed by atoms with Crippen LogP contribution in [0.5, 0.6) is 0 Å². The number of aromatic amines is 1. The molecular weight excluding hydrogens is 323 g/mol. The molecule has 7 nitrogen and oxygen atoms in total. The molecule has 0 saturated heterocycles. The fourth-order valence-corrected chi connectivity index (χ4v) is 2.74. The molecule has 4 N–H and O–H groups in total. The highest BCUT2D eigenvalue weighted by Crippen LogP contribution is 2.21. The van der Waals surface area contributed by atoms with E-state index >= 15 is 0 Å². The van der Waals surface area contributed by atoms with E-state index in [0.29, 0.717) is 11.3 Å². The first-order valence-corrected chi connectivity index (χ1v) is 8.22. The molecular formula is C14H13FN4O3S. The van der Waals surface area contributed by atoms with Crippen LogP contribution in [0.25, 0.3) is 0 Å². The minimum atomic E-state index is -3.90. The zero-order valence-corrected chi connectivity index (χ0v) is 12.7. The number of carbonyl (C=O) groups is 1. The van der Waals surface area contributed by atoms with Crippen molar-refractivity contribution in [2.75, 3.05) is 0 Å². The third kappa shape index (κ3) is 3.36. The Balaban J connectivity index is 1.93. The SMILES string of the molecule is NS(=O)(=O)NCc1ccc(C2=NC(=O)Cc3[nH]ccc32)cc1F. The van der Waals surface area contributed by atoms with Gasteiger partial charge in [0, 0.05) is 35.1 Å². The second-order valence-corrected chi connectivity index (χ2v) is 6.45. The van der Waals surface area contributed by atoms with Crippen LogP contribution in [0.2, 0.25) is 0 Å². The summed E-state index contributed by atoms with van der Waals surface area (Å²) in [4.78, 5) is 18.6. The summed E-state index contributed by atoms with van der Waals surface area (Å²) >= 11 is 0. The molecule has 1 aromatic carbocycles. The van der Waals surface area contributed by atoms with Crippen molar-refractivity contribution in [3.8, 4) is 0 Å². The Morgan fingerprint density at radius 3 is 2.83 bits per heavy atom. The number of rotatable bonds is 4. The van der Waals surface area contributed by atoms with Gasteiger partial charge in [0.05, 0.1) is 12.1 Å². The lowest BCUT2D eigenvalue weighted by atomic mass is 9.97. The Morgan fingerprint density at radius 1 is 1.35 bits per heavy atom. The van der Waals surface area contributed by atoms with Crippen molar-refractivity contribution in [1.82, 2.24) is 9.71 Å². The van der Waals surface area contributed by atoms with Crippen molar-refractivity contribution < 1.29 is 17.6 Å². The van der Waals surface area contributed by atoms with Gasteiger partial charge in [-0.15, -0.1) is 0 Å². The monoisotopic (exact) mass is 336 g/mol. The maximum absolute atomic E-state index is 14.2. The van der Waals surface area contributed by atoms with Gasteiger partial charge in [0.15, 0.2) is 0 Å². The number of carbonyl (C=O) groups excluding carboxylic acids is 1. The first-order chi connectivity index (χ1) is 10.8. The normalized spacial score (nSPS) is 14.5. The molecule has 0 saturated carbocycles. The van der Waals surface area contributed by atoms with E-state index in [0.717, 1.165) is 11.3 Å². The standard InChI is InChI=1S/C14H13FN4O3S/c15-11-5-8(1-2-9(11)7-18-23(16,21)22)14-10-3-4-17-12(10)6-13(20)19-14/h1-5,17-18H,6-7H2,(H2,16,21,22). The van der Waals surface area contributed by atoms with Crippen molar-refractivity contribution in [3.05, 3.63) is 58.7 Å². The van der Waals surface area contributed by atoms with Gasteiger partial charge in [0.25, 0.3) is 16.1 Å². The molecule has 0 radical (unpaired) electrons. The number of amides is 1. The highest BCUT2D eigenvalue weighted by atomic mass is 32.2. The van der Waals surface area contributed by atoms with Crippen molar-refractivity contribution in [3.63, 3.8) is 0 Å². The van der Waals surface area contributed by atoms with E-state index in [1.807, 2.05) is 4.72 Å². The van der Waals surface area contributed by atoms with Crippen molar-refractivity contribution in [2.24, 2.45) is 10.1 Å². The molecule has 2 aromatic rings. The highest BCUT2D eigenvalue weighted by molar-refractivity contribution is 7.87. The van der Waals surface area contributed by atoms with Gasteiger partial charge in [-0.2, -0.15) is 13.1 Å². The zero-order valence-electron chi connectivity index (χ0n) is 11.8. The molecule has 1 aliphatic rings. The number of fused-ring (bicyclic) bond motifs is 1. The van der Waals surface area contributed by atoms with Gasteiger partial charge in [-0.3, -0.25) is 4.79 Å². The summed E-state index contributed by atoms with van der Waals surface area (Å²) in [5.41, 5.74) is 2.46. The number of benzene rings is 1. The number of hydrogen-bond donors (Lipinski definition) is 3. The Bertz CT molecular complexity index is 918. The third-order valence-corrected chi connectivity index (χ3v) is 3.99. The van der Waals surface area contributed by atoms with E-state index in [2.05, 4.69) is 9.98 Å². The second kappa shape index (κ2) is 5.69. The Kier molecular flexibility index (Phi) is 3.84. The van der Waals surface area contributed by atoms with Crippen LogP contribution in [0.3, 0.4) is 0 Å². The molecule has 23 heavy (non-hydrogen) atoms. The summed E-state index contributed by atoms with van der Waals surface area (Å²) in [6.45, 7) is -0.258. The summed E-state index contributed by atoms with van der Waals surface area (Å²) in [5, 5.41) is 4.82. The molecule has 1 aromatic heterocycles. The molecule has 3 rings (SSSR count). The number of H-pyrrole nitrogens is 1. The minimum Gasteiger partial charge on any atom is -0.364 e. The Labute approximate surface area is 131 Å². The predicted octanol–water partition coefficient (Wildman–Crippen LogP) is 0.367. The molecule has 0 atom stereocenters. The number of hydrogen-bond acceptors (Lipinski definition) is 3. The van der Waals surface area contributed by atoms with Crippen molar-refractivity contribution in [2.45, 2.75) is 13.0 Å². The molecule has 120 valence electrons.